The summed E-state index contributed by atoms with van der Waals surface area (Å²) >= 11 is 0. The molecule has 0 aliphatic rings. The van der Waals surface area contributed by atoms with E-state index in [2.05, 4.69) is 5.32 Å². The zero-order chi connectivity index (χ0) is 19.9. The largest absolute Gasteiger partial charge is 0.488 e. The number of hydrogen-bond acceptors (Lipinski definition) is 2. The number of carbonyl (C=O) groups excluding carboxylic acids is 1. The highest BCUT2D eigenvalue weighted by Gasteiger charge is 2.16. The highest BCUT2D eigenvalue weighted by Crippen LogP contribution is 2.37. The van der Waals surface area contributed by atoms with Crippen LogP contribution in [-0.2, 0) is 17.8 Å². The average Bonchev–Trinajstić information content (AvgIpc) is 2.68. The van der Waals surface area contributed by atoms with E-state index in [1.165, 1.54) is 19.1 Å². The first-order chi connectivity index (χ1) is 13.5. The molecule has 4 heteroatoms. The van der Waals surface area contributed by atoms with Crippen LogP contribution in [0.4, 0.5) is 4.39 Å². The molecule has 1 N–H and O–H groups in total. The number of carbonyl (C=O) groups is 1. The summed E-state index contributed by atoms with van der Waals surface area (Å²) in [7, 11) is 0. The molecular weight excluding hydrogens is 353 g/mol. The first-order valence-corrected chi connectivity index (χ1v) is 9.34. The van der Waals surface area contributed by atoms with Gasteiger partial charge in [-0.3, -0.25) is 4.79 Å². The molecule has 0 aliphatic carbocycles. The Morgan fingerprint density at radius 2 is 1.82 bits per heavy atom. The molecule has 28 heavy (non-hydrogen) atoms. The number of hydrogen-bond donors (Lipinski definition) is 1. The minimum atomic E-state index is -0.291. The Hall–Kier alpha value is -3.14. The first-order valence-electron chi connectivity index (χ1n) is 9.34. The van der Waals surface area contributed by atoms with Gasteiger partial charge in [0.2, 0.25) is 5.91 Å². The second-order valence-corrected chi connectivity index (χ2v) is 6.76. The van der Waals surface area contributed by atoms with Gasteiger partial charge in [-0.1, -0.05) is 54.6 Å². The SMILES string of the molecule is CC(=O)NCCc1ccc(C)c(OCc2ccccc2)c1-c1cccc(F)c1. The molecule has 0 saturated heterocycles. The molecule has 1 amide bonds. The third-order valence-corrected chi connectivity index (χ3v) is 4.55. The lowest BCUT2D eigenvalue weighted by molar-refractivity contribution is -0.118. The normalized spacial score (nSPS) is 10.5. The first kappa shape index (κ1) is 19.6. The number of aryl methyl sites for hydroxylation is 1. The van der Waals surface area contributed by atoms with Crippen molar-refractivity contribution in [3.63, 3.8) is 0 Å². The van der Waals surface area contributed by atoms with Crippen molar-refractivity contribution < 1.29 is 13.9 Å². The van der Waals surface area contributed by atoms with Crippen molar-refractivity contribution in [2.45, 2.75) is 26.9 Å². The molecule has 0 aromatic heterocycles. The number of halogens is 1. The molecule has 0 heterocycles. The quantitative estimate of drug-likeness (QED) is 0.625. The van der Waals surface area contributed by atoms with Crippen LogP contribution >= 0.6 is 0 Å². The van der Waals surface area contributed by atoms with Crippen LogP contribution in [-0.4, -0.2) is 12.5 Å². The number of rotatable bonds is 7. The van der Waals surface area contributed by atoms with Gasteiger partial charge in [-0.15, -0.1) is 0 Å². The van der Waals surface area contributed by atoms with Crippen molar-refractivity contribution >= 4 is 5.91 Å². The van der Waals surface area contributed by atoms with Crippen LogP contribution in [0, 0.1) is 12.7 Å². The van der Waals surface area contributed by atoms with E-state index in [0.29, 0.717) is 19.6 Å². The number of ether oxygens (including phenoxy) is 1. The van der Waals surface area contributed by atoms with Crippen LogP contribution in [0.3, 0.4) is 0 Å². The maximum Gasteiger partial charge on any atom is 0.216 e. The van der Waals surface area contributed by atoms with Gasteiger partial charge in [-0.05, 0) is 47.7 Å². The fourth-order valence-electron chi connectivity index (χ4n) is 3.19. The Bertz CT molecular complexity index is 954. The molecule has 0 spiro atoms. The second-order valence-electron chi connectivity index (χ2n) is 6.76. The minimum absolute atomic E-state index is 0.0695. The molecule has 0 atom stereocenters. The molecular formula is C24H24FNO2. The second kappa shape index (κ2) is 9.18. The maximum absolute atomic E-state index is 13.9. The maximum atomic E-state index is 13.9. The van der Waals surface area contributed by atoms with Gasteiger partial charge in [0.15, 0.2) is 0 Å². The molecule has 0 aliphatic heterocycles. The van der Waals surface area contributed by atoms with Crippen molar-refractivity contribution in [2.24, 2.45) is 0 Å². The van der Waals surface area contributed by atoms with Crippen LogP contribution in [0.15, 0.2) is 66.7 Å². The Balaban J connectivity index is 1.99. The molecule has 144 valence electrons. The van der Waals surface area contributed by atoms with Gasteiger partial charge >= 0.3 is 0 Å². The minimum Gasteiger partial charge on any atom is -0.488 e. The lowest BCUT2D eigenvalue weighted by Gasteiger charge is -2.19. The van der Waals surface area contributed by atoms with Crippen molar-refractivity contribution in [1.29, 1.82) is 0 Å². The number of nitrogens with one attached hydrogen (secondary N) is 1. The molecule has 0 unspecified atom stereocenters. The predicted molar refractivity (Wildman–Crippen MR) is 110 cm³/mol. The van der Waals surface area contributed by atoms with E-state index in [1.54, 1.807) is 6.07 Å². The highest BCUT2D eigenvalue weighted by molar-refractivity contribution is 5.76. The predicted octanol–water partition coefficient (Wildman–Crippen LogP) is 5.06. The van der Waals surface area contributed by atoms with Crippen LogP contribution < -0.4 is 10.1 Å². The van der Waals surface area contributed by atoms with Crippen LogP contribution in [0.5, 0.6) is 5.75 Å². The molecule has 3 aromatic rings. The lowest BCUT2D eigenvalue weighted by Crippen LogP contribution is -2.22. The highest BCUT2D eigenvalue weighted by atomic mass is 19.1. The summed E-state index contributed by atoms with van der Waals surface area (Å²) in [6.07, 6.45) is 0.632. The van der Waals surface area contributed by atoms with Gasteiger partial charge in [-0.25, -0.2) is 4.39 Å². The van der Waals surface area contributed by atoms with Crippen LogP contribution in [0.2, 0.25) is 0 Å². The summed E-state index contributed by atoms with van der Waals surface area (Å²) in [5.41, 5.74) is 4.70. The smallest absolute Gasteiger partial charge is 0.216 e. The van der Waals surface area contributed by atoms with Gasteiger partial charge in [-0.2, -0.15) is 0 Å². The average molecular weight is 377 g/mol. The monoisotopic (exact) mass is 377 g/mol. The Kier molecular flexibility index (Phi) is 6.43. The van der Waals surface area contributed by atoms with E-state index in [0.717, 1.165) is 33.6 Å². The third-order valence-electron chi connectivity index (χ3n) is 4.55. The molecule has 3 rings (SSSR count). The fraction of sp³-hybridized carbons (Fsp3) is 0.208. The Labute approximate surface area is 165 Å². The molecule has 3 nitrogen and oxygen atoms in total. The van der Waals surface area contributed by atoms with E-state index in [9.17, 15) is 9.18 Å². The molecule has 0 radical (unpaired) electrons. The zero-order valence-electron chi connectivity index (χ0n) is 16.2. The number of benzene rings is 3. The van der Waals surface area contributed by atoms with Gasteiger partial charge in [0.25, 0.3) is 0 Å². The fourth-order valence-corrected chi connectivity index (χ4v) is 3.19. The van der Waals surface area contributed by atoms with Gasteiger partial charge in [0.05, 0.1) is 0 Å². The van der Waals surface area contributed by atoms with E-state index in [1.807, 2.05) is 55.5 Å². The molecule has 0 saturated carbocycles. The summed E-state index contributed by atoms with van der Waals surface area (Å²) < 4.78 is 20.1. The number of amides is 1. The topological polar surface area (TPSA) is 38.3 Å². The van der Waals surface area contributed by atoms with Crippen molar-refractivity contribution in [2.75, 3.05) is 6.54 Å². The van der Waals surface area contributed by atoms with Crippen molar-refractivity contribution in [3.8, 4) is 16.9 Å². The third kappa shape index (κ3) is 4.97. The van der Waals surface area contributed by atoms with Gasteiger partial charge in [0, 0.05) is 19.0 Å². The zero-order valence-corrected chi connectivity index (χ0v) is 16.2. The van der Waals surface area contributed by atoms with Crippen LogP contribution in [0.1, 0.15) is 23.6 Å². The Morgan fingerprint density at radius 1 is 1.04 bits per heavy atom. The van der Waals surface area contributed by atoms with E-state index < -0.39 is 0 Å². The standard InChI is InChI=1S/C24H24FNO2/c1-17-11-12-20(13-14-26-18(2)27)23(21-9-6-10-22(25)15-21)24(17)28-16-19-7-4-3-5-8-19/h3-12,15H,13-14,16H2,1-2H3,(H,26,27). The summed E-state index contributed by atoms with van der Waals surface area (Å²) in [6.45, 7) is 4.43. The lowest BCUT2D eigenvalue weighted by atomic mass is 9.94. The summed E-state index contributed by atoms with van der Waals surface area (Å²) in [5, 5.41) is 2.82. The van der Waals surface area contributed by atoms with Crippen molar-refractivity contribution in [3.05, 3.63) is 89.2 Å². The Morgan fingerprint density at radius 3 is 2.54 bits per heavy atom. The van der Waals surface area contributed by atoms with E-state index in [-0.39, 0.29) is 11.7 Å². The van der Waals surface area contributed by atoms with Gasteiger partial charge < -0.3 is 10.1 Å². The molecule has 0 fully saturated rings. The van der Waals surface area contributed by atoms with Gasteiger partial charge in [0.1, 0.15) is 18.2 Å². The molecule has 0 bridgehead atoms. The summed E-state index contributed by atoms with van der Waals surface area (Å²) in [6, 6.07) is 20.5. The summed E-state index contributed by atoms with van der Waals surface area (Å²) in [5.74, 6) is 0.385. The van der Waals surface area contributed by atoms with E-state index >= 15 is 0 Å². The summed E-state index contributed by atoms with van der Waals surface area (Å²) in [4.78, 5) is 11.2. The van der Waals surface area contributed by atoms with E-state index in [4.69, 9.17) is 4.74 Å². The van der Waals surface area contributed by atoms with Crippen LogP contribution in [0.25, 0.3) is 11.1 Å². The molecule has 3 aromatic carbocycles. The van der Waals surface area contributed by atoms with Crippen molar-refractivity contribution in [1.82, 2.24) is 5.32 Å².